The van der Waals surface area contributed by atoms with Gasteiger partial charge in [0, 0.05) is 11.3 Å². The van der Waals surface area contributed by atoms with E-state index in [9.17, 15) is 4.79 Å². The van der Waals surface area contributed by atoms with Crippen LogP contribution in [-0.4, -0.2) is 5.91 Å². The lowest BCUT2D eigenvalue weighted by atomic mass is 9.84. The number of rotatable bonds is 0. The van der Waals surface area contributed by atoms with Gasteiger partial charge in [0.15, 0.2) is 0 Å². The molecular formula is C11H10INO. The van der Waals surface area contributed by atoms with E-state index in [0.717, 1.165) is 24.9 Å². The van der Waals surface area contributed by atoms with Crippen molar-refractivity contribution >= 4 is 34.2 Å². The molecule has 1 heterocycles. The Morgan fingerprint density at radius 3 is 3.14 bits per heavy atom. The van der Waals surface area contributed by atoms with Gasteiger partial charge in [0.1, 0.15) is 3.42 Å². The van der Waals surface area contributed by atoms with E-state index >= 15 is 0 Å². The molecule has 1 N–H and O–H groups in total. The summed E-state index contributed by atoms with van der Waals surface area (Å²) in [5.74, 6) is 0.167. The van der Waals surface area contributed by atoms with E-state index < -0.39 is 0 Å². The number of benzene rings is 1. The summed E-state index contributed by atoms with van der Waals surface area (Å²) in [4.78, 5) is 11.9. The van der Waals surface area contributed by atoms with E-state index in [0.29, 0.717) is 0 Å². The number of halogens is 1. The number of hydrogen-bond donors (Lipinski definition) is 1. The van der Waals surface area contributed by atoms with Gasteiger partial charge in [0.2, 0.25) is 5.91 Å². The van der Waals surface area contributed by atoms with Crippen molar-refractivity contribution in [1.82, 2.24) is 0 Å². The summed E-state index contributed by atoms with van der Waals surface area (Å²) in [6.07, 6.45) is 3.21. The van der Waals surface area contributed by atoms with Gasteiger partial charge in [-0.3, -0.25) is 4.79 Å². The molecule has 2 aliphatic rings. The Labute approximate surface area is 96.2 Å². The molecule has 14 heavy (non-hydrogen) atoms. The van der Waals surface area contributed by atoms with Crippen LogP contribution in [0.4, 0.5) is 5.69 Å². The van der Waals surface area contributed by atoms with Crippen molar-refractivity contribution in [3.05, 3.63) is 29.3 Å². The van der Waals surface area contributed by atoms with Gasteiger partial charge in [0.25, 0.3) is 0 Å². The lowest BCUT2D eigenvalue weighted by Crippen LogP contribution is -2.30. The molecule has 0 saturated carbocycles. The molecule has 0 spiro atoms. The quantitative estimate of drug-likeness (QED) is 0.579. The Balaban J connectivity index is 2.32. The molecule has 2 nitrogen and oxygen atoms in total. The van der Waals surface area contributed by atoms with Gasteiger partial charge in [-0.15, -0.1) is 0 Å². The Morgan fingerprint density at radius 1 is 1.43 bits per heavy atom. The van der Waals surface area contributed by atoms with Gasteiger partial charge in [-0.1, -0.05) is 34.7 Å². The van der Waals surface area contributed by atoms with Crippen molar-refractivity contribution in [2.75, 3.05) is 5.32 Å². The summed E-state index contributed by atoms with van der Waals surface area (Å²) in [5, 5.41) is 2.97. The zero-order chi connectivity index (χ0) is 9.76. The number of carbonyl (C=O) groups excluding carboxylic acids is 1. The first-order chi connectivity index (χ1) is 6.72. The van der Waals surface area contributed by atoms with Crippen molar-refractivity contribution in [2.45, 2.75) is 22.7 Å². The molecule has 1 atom stereocenters. The largest absolute Gasteiger partial charge is 0.324 e. The Hall–Kier alpha value is -0.580. The summed E-state index contributed by atoms with van der Waals surface area (Å²) in [6, 6.07) is 6.18. The number of hydrogen-bond acceptors (Lipinski definition) is 1. The Morgan fingerprint density at radius 2 is 2.29 bits per heavy atom. The Kier molecular flexibility index (Phi) is 1.69. The van der Waals surface area contributed by atoms with Crippen LogP contribution < -0.4 is 5.32 Å². The third-order valence-corrected chi connectivity index (χ3v) is 4.69. The Bertz CT molecular complexity index is 429. The van der Waals surface area contributed by atoms with Crippen molar-refractivity contribution < 1.29 is 4.79 Å². The van der Waals surface area contributed by atoms with Gasteiger partial charge in [-0.05, 0) is 30.9 Å². The van der Waals surface area contributed by atoms with Crippen LogP contribution >= 0.6 is 22.6 Å². The van der Waals surface area contributed by atoms with Crippen LogP contribution in [0, 0.1) is 0 Å². The molecule has 0 unspecified atom stereocenters. The maximum absolute atomic E-state index is 11.9. The molecule has 0 radical (unpaired) electrons. The van der Waals surface area contributed by atoms with Gasteiger partial charge >= 0.3 is 0 Å². The minimum absolute atomic E-state index is 0.167. The SMILES string of the molecule is O=C1Nc2cccc3c2[C@@]1(I)CCC3. The highest BCUT2D eigenvalue weighted by molar-refractivity contribution is 14.1. The van der Waals surface area contributed by atoms with E-state index in [4.69, 9.17) is 0 Å². The van der Waals surface area contributed by atoms with Gasteiger partial charge < -0.3 is 5.32 Å². The van der Waals surface area contributed by atoms with E-state index in [1.807, 2.05) is 12.1 Å². The fraction of sp³-hybridized carbons (Fsp3) is 0.364. The van der Waals surface area contributed by atoms with E-state index in [1.54, 1.807) is 0 Å². The van der Waals surface area contributed by atoms with Crippen molar-refractivity contribution in [3.63, 3.8) is 0 Å². The van der Waals surface area contributed by atoms with Crippen LogP contribution in [0.25, 0.3) is 0 Å². The minimum atomic E-state index is -0.276. The second-order valence-electron chi connectivity index (χ2n) is 3.95. The predicted octanol–water partition coefficient (Wildman–Crippen LogP) is 2.61. The summed E-state index contributed by atoms with van der Waals surface area (Å²) in [7, 11) is 0. The van der Waals surface area contributed by atoms with Crippen LogP contribution in [0.3, 0.4) is 0 Å². The summed E-state index contributed by atoms with van der Waals surface area (Å²) in [5.41, 5.74) is 3.62. The highest BCUT2D eigenvalue weighted by atomic mass is 127. The zero-order valence-electron chi connectivity index (χ0n) is 7.64. The molecule has 0 saturated heterocycles. The standard InChI is InChI=1S/C11H10INO/c12-11-6-2-4-7-3-1-5-8(9(7)11)13-10(11)14/h1,3,5H,2,4,6H2,(H,13,14)/t11-/m0/s1. The predicted molar refractivity (Wildman–Crippen MR) is 63.7 cm³/mol. The molecular weight excluding hydrogens is 289 g/mol. The minimum Gasteiger partial charge on any atom is -0.324 e. The maximum atomic E-state index is 11.9. The van der Waals surface area contributed by atoms with E-state index in [-0.39, 0.29) is 9.33 Å². The van der Waals surface area contributed by atoms with Crippen molar-refractivity contribution in [3.8, 4) is 0 Å². The number of amides is 1. The van der Waals surface area contributed by atoms with Crippen LogP contribution in [-0.2, 0) is 14.6 Å². The lowest BCUT2D eigenvalue weighted by Gasteiger charge is -2.27. The van der Waals surface area contributed by atoms with Crippen LogP contribution in [0.5, 0.6) is 0 Å². The van der Waals surface area contributed by atoms with E-state index in [2.05, 4.69) is 34.0 Å². The van der Waals surface area contributed by atoms with Crippen molar-refractivity contribution in [1.29, 1.82) is 0 Å². The highest BCUT2D eigenvalue weighted by Gasteiger charge is 2.47. The second-order valence-corrected chi connectivity index (χ2v) is 5.79. The molecule has 1 amide bonds. The number of aryl methyl sites for hydroxylation is 1. The van der Waals surface area contributed by atoms with Crippen LogP contribution in [0.1, 0.15) is 24.0 Å². The van der Waals surface area contributed by atoms with Gasteiger partial charge in [-0.25, -0.2) is 0 Å². The van der Waals surface area contributed by atoms with Gasteiger partial charge in [0.05, 0.1) is 0 Å². The lowest BCUT2D eigenvalue weighted by molar-refractivity contribution is -0.117. The highest BCUT2D eigenvalue weighted by Crippen LogP contribution is 2.50. The molecule has 0 bridgehead atoms. The first kappa shape index (κ1) is 8.71. The summed E-state index contributed by atoms with van der Waals surface area (Å²) < 4.78 is -0.276. The summed E-state index contributed by atoms with van der Waals surface area (Å²) in [6.45, 7) is 0. The third-order valence-electron chi connectivity index (χ3n) is 3.12. The van der Waals surface area contributed by atoms with Crippen molar-refractivity contribution in [2.24, 2.45) is 0 Å². The number of nitrogens with one attached hydrogen (secondary N) is 1. The van der Waals surface area contributed by atoms with Gasteiger partial charge in [-0.2, -0.15) is 0 Å². The topological polar surface area (TPSA) is 29.1 Å². The molecule has 3 rings (SSSR count). The summed E-state index contributed by atoms with van der Waals surface area (Å²) >= 11 is 2.31. The first-order valence-corrected chi connectivity index (χ1v) is 5.92. The smallest absolute Gasteiger partial charge is 0.245 e. The molecule has 1 aromatic rings. The fourth-order valence-corrected chi connectivity index (χ4v) is 3.63. The normalized spacial score (nSPS) is 28.5. The molecule has 1 aliphatic heterocycles. The number of carbonyl (C=O) groups is 1. The fourth-order valence-electron chi connectivity index (χ4n) is 2.48. The molecule has 72 valence electrons. The number of alkyl halides is 1. The van der Waals surface area contributed by atoms with E-state index in [1.165, 1.54) is 11.1 Å². The molecule has 1 aromatic carbocycles. The average molecular weight is 299 g/mol. The third kappa shape index (κ3) is 0.935. The zero-order valence-corrected chi connectivity index (χ0v) is 9.80. The maximum Gasteiger partial charge on any atom is 0.245 e. The van der Waals surface area contributed by atoms with Crippen LogP contribution in [0.15, 0.2) is 18.2 Å². The average Bonchev–Trinajstić information content (AvgIpc) is 2.42. The monoisotopic (exact) mass is 299 g/mol. The number of anilines is 1. The first-order valence-electron chi connectivity index (χ1n) is 4.84. The molecule has 0 fully saturated rings. The second kappa shape index (κ2) is 2.72. The van der Waals surface area contributed by atoms with Crippen LogP contribution in [0.2, 0.25) is 0 Å². The molecule has 3 heteroatoms. The molecule has 0 aromatic heterocycles. The molecule has 1 aliphatic carbocycles.